The molecule has 33 heavy (non-hydrogen) atoms. The van der Waals surface area contributed by atoms with Gasteiger partial charge in [-0.2, -0.15) is 5.10 Å². The van der Waals surface area contributed by atoms with E-state index in [9.17, 15) is 14.4 Å². The Bertz CT molecular complexity index is 1240. The molecule has 0 fully saturated rings. The summed E-state index contributed by atoms with van der Waals surface area (Å²) in [7, 11) is 0. The quantitative estimate of drug-likeness (QED) is 0.331. The summed E-state index contributed by atoms with van der Waals surface area (Å²) in [5.41, 5.74) is 0.917. The van der Waals surface area contributed by atoms with Crippen LogP contribution in [0, 0.1) is 5.41 Å². The van der Waals surface area contributed by atoms with Crippen molar-refractivity contribution in [3.8, 4) is 22.4 Å². The Morgan fingerprint density at radius 2 is 1.45 bits per heavy atom. The third-order valence-corrected chi connectivity index (χ3v) is 5.41. The largest absolute Gasteiger partial charge is 0.463 e. The second-order valence-electron chi connectivity index (χ2n) is 8.58. The molecule has 0 saturated heterocycles. The molecule has 0 amide bonds. The molecule has 3 rings (SSSR count). The number of halogens is 2. The highest BCUT2D eigenvalue weighted by molar-refractivity contribution is 6.31. The van der Waals surface area contributed by atoms with E-state index >= 15 is 0 Å². The van der Waals surface area contributed by atoms with Crippen molar-refractivity contribution < 1.29 is 14.3 Å². The van der Waals surface area contributed by atoms with E-state index in [0.29, 0.717) is 32.4 Å². The molecule has 0 N–H and O–H groups in total. The molecular weight excluding hydrogens is 463 g/mol. The lowest BCUT2D eigenvalue weighted by atomic mass is 9.94. The van der Waals surface area contributed by atoms with Crippen LogP contribution in [0.25, 0.3) is 22.4 Å². The Kier molecular flexibility index (Phi) is 7.40. The van der Waals surface area contributed by atoms with Gasteiger partial charge in [0, 0.05) is 21.2 Å². The van der Waals surface area contributed by atoms with Gasteiger partial charge >= 0.3 is 5.97 Å². The highest BCUT2D eigenvalue weighted by atomic mass is 35.5. The maximum atomic E-state index is 13.3. The predicted octanol–water partition coefficient (Wildman–Crippen LogP) is 5.68. The summed E-state index contributed by atoms with van der Waals surface area (Å²) in [5.74, 6) is -0.791. The van der Waals surface area contributed by atoms with Crippen molar-refractivity contribution in [1.29, 1.82) is 0 Å². The fourth-order valence-electron chi connectivity index (χ4n) is 3.20. The number of carbonyl (C=O) groups is 2. The summed E-state index contributed by atoms with van der Waals surface area (Å²) in [6.07, 6.45) is 0. The molecule has 0 aliphatic heterocycles. The fourth-order valence-corrected chi connectivity index (χ4v) is 3.45. The molecule has 2 aromatic carbocycles. The summed E-state index contributed by atoms with van der Waals surface area (Å²) < 4.78 is 6.46. The van der Waals surface area contributed by atoms with Gasteiger partial charge in [0.2, 0.25) is 0 Å². The van der Waals surface area contributed by atoms with Crippen molar-refractivity contribution in [3.05, 3.63) is 74.5 Å². The molecule has 0 aliphatic rings. The third kappa shape index (κ3) is 5.70. The zero-order valence-electron chi connectivity index (χ0n) is 18.8. The molecule has 0 bridgehead atoms. The van der Waals surface area contributed by atoms with E-state index in [1.165, 1.54) is 6.92 Å². The van der Waals surface area contributed by atoms with Gasteiger partial charge in [0.05, 0.1) is 23.2 Å². The molecule has 1 heterocycles. The Balaban J connectivity index is 2.18. The van der Waals surface area contributed by atoms with Crippen LogP contribution >= 0.6 is 23.2 Å². The average molecular weight is 487 g/mol. The van der Waals surface area contributed by atoms with Gasteiger partial charge in [0.15, 0.2) is 5.78 Å². The Labute approximate surface area is 202 Å². The number of ketones is 1. The second kappa shape index (κ2) is 9.89. The first-order valence-electron chi connectivity index (χ1n) is 10.3. The Morgan fingerprint density at radius 3 is 1.94 bits per heavy atom. The molecule has 0 spiro atoms. The summed E-state index contributed by atoms with van der Waals surface area (Å²) >= 11 is 12.1. The normalized spacial score (nSPS) is 11.3. The van der Waals surface area contributed by atoms with Crippen molar-refractivity contribution in [2.24, 2.45) is 5.41 Å². The van der Waals surface area contributed by atoms with Crippen LogP contribution in [-0.2, 0) is 16.1 Å². The first kappa shape index (κ1) is 24.7. The zero-order valence-corrected chi connectivity index (χ0v) is 20.3. The first-order chi connectivity index (χ1) is 15.5. The van der Waals surface area contributed by atoms with Gasteiger partial charge in [-0.25, -0.2) is 4.68 Å². The molecule has 0 unspecified atom stereocenters. The predicted molar refractivity (Wildman–Crippen MR) is 130 cm³/mol. The van der Waals surface area contributed by atoms with Crippen molar-refractivity contribution in [1.82, 2.24) is 9.78 Å². The number of rotatable bonds is 6. The number of esters is 1. The van der Waals surface area contributed by atoms with Crippen molar-refractivity contribution in [2.75, 3.05) is 6.61 Å². The van der Waals surface area contributed by atoms with Gasteiger partial charge in [-0.05, 0) is 57.5 Å². The van der Waals surface area contributed by atoms with E-state index in [0.717, 1.165) is 4.68 Å². The molecule has 8 heteroatoms. The second-order valence-corrected chi connectivity index (χ2v) is 9.46. The third-order valence-electron chi connectivity index (χ3n) is 4.91. The van der Waals surface area contributed by atoms with Gasteiger partial charge in [-0.1, -0.05) is 47.5 Å². The summed E-state index contributed by atoms with van der Waals surface area (Å²) in [6.45, 7) is 6.52. The van der Waals surface area contributed by atoms with E-state index in [1.807, 2.05) is 0 Å². The van der Waals surface area contributed by atoms with E-state index < -0.39 is 22.7 Å². The minimum absolute atomic E-state index is 0.000537. The minimum Gasteiger partial charge on any atom is -0.463 e. The van der Waals surface area contributed by atoms with Crippen LogP contribution in [0.15, 0.2) is 53.3 Å². The molecule has 0 aliphatic carbocycles. The van der Waals surface area contributed by atoms with Gasteiger partial charge < -0.3 is 4.74 Å². The number of Topliss-reactive ketones (excluding diaryl/α,β-unsaturated/α-hetero) is 1. The van der Waals surface area contributed by atoms with Gasteiger partial charge in [-0.3, -0.25) is 14.4 Å². The van der Waals surface area contributed by atoms with Crippen molar-refractivity contribution in [3.63, 3.8) is 0 Å². The number of ether oxygens (including phenoxy) is 1. The molecule has 6 nitrogen and oxygen atoms in total. The van der Waals surface area contributed by atoms with Crippen LogP contribution in [0.4, 0.5) is 0 Å². The summed E-state index contributed by atoms with van der Waals surface area (Å²) in [6, 6.07) is 13.8. The minimum atomic E-state index is -0.671. The standard InChI is InChI=1S/C25H24Cl2N2O4/c1-15(30)20-21(16-5-9-18(26)10-6-16)22(17-7-11-19(27)12-8-17)28-29(23(20)31)13-14-33-24(32)25(2,3)4/h5-12H,13-14H2,1-4H3. The summed E-state index contributed by atoms with van der Waals surface area (Å²) in [4.78, 5) is 38.0. The zero-order chi connectivity index (χ0) is 24.3. The van der Waals surface area contributed by atoms with Crippen LogP contribution in [0.1, 0.15) is 38.1 Å². The van der Waals surface area contributed by atoms with Crippen LogP contribution in [0.3, 0.4) is 0 Å². The number of benzene rings is 2. The van der Waals surface area contributed by atoms with Gasteiger partial charge in [0.1, 0.15) is 6.61 Å². The fraction of sp³-hybridized carbons (Fsp3) is 0.280. The molecule has 0 radical (unpaired) electrons. The van der Waals surface area contributed by atoms with Crippen LogP contribution in [0.5, 0.6) is 0 Å². The molecule has 172 valence electrons. The average Bonchev–Trinajstić information content (AvgIpc) is 2.74. The lowest BCUT2D eigenvalue weighted by Gasteiger charge is -2.18. The van der Waals surface area contributed by atoms with E-state index in [1.54, 1.807) is 69.3 Å². The van der Waals surface area contributed by atoms with Gasteiger partial charge in [0.25, 0.3) is 5.56 Å². The number of carbonyl (C=O) groups excluding carboxylic acids is 2. The van der Waals surface area contributed by atoms with E-state index in [-0.39, 0.29) is 18.7 Å². The molecule has 3 aromatic rings. The maximum Gasteiger partial charge on any atom is 0.311 e. The lowest BCUT2D eigenvalue weighted by Crippen LogP contribution is -2.32. The SMILES string of the molecule is CC(=O)c1c(-c2ccc(Cl)cc2)c(-c2ccc(Cl)cc2)nn(CCOC(=O)C(C)(C)C)c1=O. The monoisotopic (exact) mass is 486 g/mol. The van der Waals surface area contributed by atoms with Crippen LogP contribution in [0.2, 0.25) is 10.0 Å². The number of aromatic nitrogens is 2. The van der Waals surface area contributed by atoms with Crippen molar-refractivity contribution >= 4 is 35.0 Å². The Morgan fingerprint density at radius 1 is 0.939 bits per heavy atom. The number of hydrogen-bond donors (Lipinski definition) is 0. The van der Waals surface area contributed by atoms with Gasteiger partial charge in [-0.15, -0.1) is 0 Å². The number of hydrogen-bond acceptors (Lipinski definition) is 5. The van der Waals surface area contributed by atoms with Crippen LogP contribution in [-0.4, -0.2) is 28.1 Å². The molecule has 0 atom stereocenters. The van der Waals surface area contributed by atoms with E-state index in [2.05, 4.69) is 5.10 Å². The molecule has 1 aromatic heterocycles. The molecular formula is C25H24Cl2N2O4. The van der Waals surface area contributed by atoms with E-state index in [4.69, 9.17) is 27.9 Å². The number of nitrogens with zero attached hydrogens (tertiary/aromatic N) is 2. The topological polar surface area (TPSA) is 78.3 Å². The highest BCUT2D eigenvalue weighted by Crippen LogP contribution is 2.33. The van der Waals surface area contributed by atoms with Crippen molar-refractivity contribution in [2.45, 2.75) is 34.2 Å². The highest BCUT2D eigenvalue weighted by Gasteiger charge is 2.25. The summed E-state index contributed by atoms with van der Waals surface area (Å²) in [5, 5.41) is 5.63. The first-order valence-corrected chi connectivity index (χ1v) is 11.1. The lowest BCUT2D eigenvalue weighted by molar-refractivity contribution is -0.153. The Hall–Kier alpha value is -2.96. The maximum absolute atomic E-state index is 13.3. The molecule has 0 saturated carbocycles. The van der Waals surface area contributed by atoms with Crippen LogP contribution < -0.4 is 5.56 Å². The smallest absolute Gasteiger partial charge is 0.311 e.